The van der Waals surface area contributed by atoms with Gasteiger partial charge in [0.15, 0.2) is 0 Å². The number of nitrogens with one attached hydrogen (secondary N) is 2. The summed E-state index contributed by atoms with van der Waals surface area (Å²) in [5.41, 5.74) is 3.15. The molecule has 0 saturated carbocycles. The van der Waals surface area contributed by atoms with E-state index in [1.165, 1.54) is 0 Å². The molecule has 0 fully saturated rings. The van der Waals surface area contributed by atoms with Crippen molar-refractivity contribution in [1.29, 1.82) is 0 Å². The van der Waals surface area contributed by atoms with Gasteiger partial charge in [-0.2, -0.15) is 0 Å². The zero-order valence-corrected chi connectivity index (χ0v) is 14.2. The molecule has 0 spiro atoms. The average molecular weight is 304 g/mol. The van der Waals surface area contributed by atoms with Crippen molar-refractivity contribution in [2.45, 2.75) is 53.4 Å². The molecule has 0 aliphatic carbocycles. The van der Waals surface area contributed by atoms with Crippen molar-refractivity contribution in [3.8, 4) is 0 Å². The van der Waals surface area contributed by atoms with E-state index in [0.29, 0.717) is 0 Å². The highest BCUT2D eigenvalue weighted by Gasteiger charge is 2.15. The van der Waals surface area contributed by atoms with Crippen molar-refractivity contribution in [2.24, 2.45) is 5.92 Å². The predicted octanol–water partition coefficient (Wildman–Crippen LogP) is 3.30. The number of rotatable bonds is 8. The van der Waals surface area contributed by atoms with Crippen LogP contribution in [-0.2, 0) is 22.4 Å². The van der Waals surface area contributed by atoms with E-state index in [4.69, 9.17) is 0 Å². The maximum absolute atomic E-state index is 12.1. The molecule has 1 aromatic rings. The topological polar surface area (TPSA) is 58.2 Å². The summed E-state index contributed by atoms with van der Waals surface area (Å²) in [4.78, 5) is 24.0. The van der Waals surface area contributed by atoms with Crippen LogP contribution < -0.4 is 10.6 Å². The molecule has 2 amide bonds. The second-order valence-corrected chi connectivity index (χ2v) is 5.44. The monoisotopic (exact) mass is 304 g/mol. The Morgan fingerprint density at radius 1 is 1.00 bits per heavy atom. The Kier molecular flexibility index (Phi) is 7.64. The highest BCUT2D eigenvalue weighted by Crippen LogP contribution is 2.22. The van der Waals surface area contributed by atoms with Crippen LogP contribution in [0.5, 0.6) is 0 Å². The molecular weight excluding hydrogens is 276 g/mol. The van der Waals surface area contributed by atoms with Crippen LogP contribution in [0.25, 0.3) is 0 Å². The molecule has 1 rings (SSSR count). The molecule has 0 bridgehead atoms. The van der Waals surface area contributed by atoms with Crippen LogP contribution in [0.2, 0.25) is 0 Å². The van der Waals surface area contributed by atoms with Crippen molar-refractivity contribution in [2.75, 3.05) is 11.9 Å². The van der Waals surface area contributed by atoms with Crippen molar-refractivity contribution >= 4 is 17.5 Å². The normalized spacial score (nSPS) is 10.6. The molecule has 0 heterocycles. The number of aryl methyl sites for hydroxylation is 2. The van der Waals surface area contributed by atoms with Gasteiger partial charge in [0.2, 0.25) is 11.8 Å². The SMILES string of the molecule is CCc1cccc(CC)c1NC(=O)CNC(=O)C(CC)CC. The average Bonchev–Trinajstić information content (AvgIpc) is 2.54. The molecule has 4 nitrogen and oxygen atoms in total. The number of carbonyl (C=O) groups excluding carboxylic acids is 2. The van der Waals surface area contributed by atoms with Gasteiger partial charge >= 0.3 is 0 Å². The summed E-state index contributed by atoms with van der Waals surface area (Å²) in [5.74, 6) is -0.225. The molecule has 0 radical (unpaired) electrons. The Morgan fingerprint density at radius 3 is 2.00 bits per heavy atom. The van der Waals surface area contributed by atoms with E-state index in [1.807, 2.05) is 32.0 Å². The van der Waals surface area contributed by atoms with Crippen LogP contribution in [0.3, 0.4) is 0 Å². The van der Waals surface area contributed by atoms with Gasteiger partial charge in [-0.25, -0.2) is 0 Å². The fraction of sp³-hybridized carbons (Fsp3) is 0.556. The lowest BCUT2D eigenvalue weighted by molar-refractivity contribution is -0.127. The number of carbonyl (C=O) groups is 2. The van der Waals surface area contributed by atoms with E-state index in [9.17, 15) is 9.59 Å². The quantitative estimate of drug-likeness (QED) is 0.774. The van der Waals surface area contributed by atoms with Crippen molar-refractivity contribution in [3.63, 3.8) is 0 Å². The third-order valence-electron chi connectivity index (χ3n) is 4.04. The Morgan fingerprint density at radius 2 is 1.55 bits per heavy atom. The molecule has 0 aliphatic rings. The standard InChI is InChI=1S/C18H28N2O2/c1-5-13(6-2)18(22)19-12-16(21)20-17-14(7-3)10-9-11-15(17)8-4/h9-11,13H,5-8,12H2,1-4H3,(H,19,22)(H,20,21). The number of benzene rings is 1. The van der Waals surface area contributed by atoms with Crippen molar-refractivity contribution in [1.82, 2.24) is 5.32 Å². The molecule has 1 aromatic carbocycles. The summed E-state index contributed by atoms with van der Waals surface area (Å²) in [5, 5.41) is 5.69. The number of hydrogen-bond acceptors (Lipinski definition) is 2. The zero-order valence-electron chi connectivity index (χ0n) is 14.2. The van der Waals surface area contributed by atoms with Crippen LogP contribution in [0.4, 0.5) is 5.69 Å². The first kappa shape index (κ1) is 18.2. The number of para-hydroxylation sites is 1. The molecule has 2 N–H and O–H groups in total. The van der Waals surface area contributed by atoms with E-state index < -0.39 is 0 Å². The van der Waals surface area contributed by atoms with Crippen LogP contribution >= 0.6 is 0 Å². The first-order valence-corrected chi connectivity index (χ1v) is 8.25. The van der Waals surface area contributed by atoms with Gasteiger partial charge < -0.3 is 10.6 Å². The van der Waals surface area contributed by atoms with E-state index >= 15 is 0 Å². The summed E-state index contributed by atoms with van der Waals surface area (Å²) in [6.07, 6.45) is 3.32. The highest BCUT2D eigenvalue weighted by atomic mass is 16.2. The Labute approximate surface area is 133 Å². The van der Waals surface area contributed by atoms with Gasteiger partial charge in [-0.05, 0) is 36.8 Å². The van der Waals surface area contributed by atoms with E-state index in [0.717, 1.165) is 42.5 Å². The predicted molar refractivity (Wildman–Crippen MR) is 90.9 cm³/mol. The van der Waals surface area contributed by atoms with Gasteiger partial charge in [0.05, 0.1) is 6.54 Å². The third-order valence-corrected chi connectivity index (χ3v) is 4.04. The maximum Gasteiger partial charge on any atom is 0.243 e. The van der Waals surface area contributed by atoms with Gasteiger partial charge in [0, 0.05) is 11.6 Å². The second kappa shape index (κ2) is 9.23. The largest absolute Gasteiger partial charge is 0.347 e. The smallest absolute Gasteiger partial charge is 0.243 e. The molecule has 0 unspecified atom stereocenters. The minimum atomic E-state index is -0.171. The Hall–Kier alpha value is -1.84. The summed E-state index contributed by atoms with van der Waals surface area (Å²) < 4.78 is 0. The van der Waals surface area contributed by atoms with Gasteiger partial charge in [0.1, 0.15) is 0 Å². The third kappa shape index (κ3) is 4.86. The summed E-state index contributed by atoms with van der Waals surface area (Å²) in [6, 6.07) is 6.07. The van der Waals surface area contributed by atoms with Gasteiger partial charge in [-0.15, -0.1) is 0 Å². The maximum atomic E-state index is 12.1. The summed E-state index contributed by atoms with van der Waals surface area (Å²) in [7, 11) is 0. The fourth-order valence-electron chi connectivity index (χ4n) is 2.56. The summed E-state index contributed by atoms with van der Waals surface area (Å²) in [6.45, 7) is 8.13. The molecule has 122 valence electrons. The number of amides is 2. The molecule has 0 aromatic heterocycles. The number of hydrogen-bond donors (Lipinski definition) is 2. The molecule has 0 saturated heterocycles. The van der Waals surface area contributed by atoms with E-state index in [-0.39, 0.29) is 24.3 Å². The molecular formula is C18H28N2O2. The first-order valence-electron chi connectivity index (χ1n) is 8.25. The Balaban J connectivity index is 2.68. The van der Waals surface area contributed by atoms with Crippen LogP contribution in [-0.4, -0.2) is 18.4 Å². The zero-order chi connectivity index (χ0) is 16.5. The minimum absolute atomic E-state index is 0.0121. The fourth-order valence-corrected chi connectivity index (χ4v) is 2.56. The Bertz CT molecular complexity index is 486. The van der Waals surface area contributed by atoms with Gasteiger partial charge in [-0.1, -0.05) is 45.9 Å². The van der Waals surface area contributed by atoms with Gasteiger partial charge in [0.25, 0.3) is 0 Å². The molecule has 22 heavy (non-hydrogen) atoms. The van der Waals surface area contributed by atoms with E-state index in [2.05, 4.69) is 24.5 Å². The molecule has 0 atom stereocenters. The number of anilines is 1. The van der Waals surface area contributed by atoms with Crippen LogP contribution in [0.1, 0.15) is 51.7 Å². The minimum Gasteiger partial charge on any atom is -0.347 e. The first-order chi connectivity index (χ1) is 10.6. The highest BCUT2D eigenvalue weighted by molar-refractivity contribution is 5.96. The second-order valence-electron chi connectivity index (χ2n) is 5.44. The van der Waals surface area contributed by atoms with Crippen LogP contribution in [0, 0.1) is 5.92 Å². The van der Waals surface area contributed by atoms with Crippen LogP contribution in [0.15, 0.2) is 18.2 Å². The summed E-state index contributed by atoms with van der Waals surface area (Å²) >= 11 is 0. The lowest BCUT2D eigenvalue weighted by Crippen LogP contribution is -2.36. The lowest BCUT2D eigenvalue weighted by atomic mass is 10.0. The van der Waals surface area contributed by atoms with E-state index in [1.54, 1.807) is 0 Å². The lowest BCUT2D eigenvalue weighted by Gasteiger charge is -2.16. The van der Waals surface area contributed by atoms with Gasteiger partial charge in [-0.3, -0.25) is 9.59 Å². The molecule has 4 heteroatoms. The van der Waals surface area contributed by atoms with Crippen molar-refractivity contribution < 1.29 is 9.59 Å². The van der Waals surface area contributed by atoms with Crippen molar-refractivity contribution in [3.05, 3.63) is 29.3 Å². The molecule has 0 aliphatic heterocycles.